The van der Waals surface area contributed by atoms with Crippen molar-refractivity contribution in [1.82, 2.24) is 9.97 Å². The van der Waals surface area contributed by atoms with E-state index in [2.05, 4.69) is 65.2 Å². The fourth-order valence-corrected chi connectivity index (χ4v) is 2.31. The third-order valence-corrected chi connectivity index (χ3v) is 3.48. The minimum atomic E-state index is 0.786. The van der Waals surface area contributed by atoms with Gasteiger partial charge in [-0.05, 0) is 44.9 Å². The SMILES string of the molecule is CCCNc1nc(C)nc(N(C)c2cccc(C)c2)c1C. The molecule has 0 unspecified atom stereocenters. The zero-order chi connectivity index (χ0) is 15.4. The highest BCUT2D eigenvalue weighted by Crippen LogP contribution is 2.28. The summed E-state index contributed by atoms with van der Waals surface area (Å²) in [6.45, 7) is 9.17. The highest BCUT2D eigenvalue weighted by atomic mass is 15.2. The summed E-state index contributed by atoms with van der Waals surface area (Å²) in [7, 11) is 2.05. The molecule has 2 aromatic rings. The van der Waals surface area contributed by atoms with Crippen molar-refractivity contribution in [1.29, 1.82) is 0 Å². The first kappa shape index (κ1) is 15.3. The zero-order valence-electron chi connectivity index (χ0n) is 13.6. The summed E-state index contributed by atoms with van der Waals surface area (Å²) in [5.41, 5.74) is 3.46. The Balaban J connectivity index is 2.40. The van der Waals surface area contributed by atoms with Crippen molar-refractivity contribution < 1.29 is 0 Å². The minimum Gasteiger partial charge on any atom is -0.370 e. The molecule has 4 nitrogen and oxygen atoms in total. The number of aromatic nitrogens is 2. The number of rotatable bonds is 5. The average Bonchev–Trinajstić information content (AvgIpc) is 2.47. The summed E-state index contributed by atoms with van der Waals surface area (Å²) in [6, 6.07) is 8.43. The summed E-state index contributed by atoms with van der Waals surface area (Å²) >= 11 is 0. The number of aryl methyl sites for hydroxylation is 2. The van der Waals surface area contributed by atoms with Gasteiger partial charge in [0.25, 0.3) is 0 Å². The lowest BCUT2D eigenvalue weighted by Crippen LogP contribution is -2.16. The van der Waals surface area contributed by atoms with E-state index in [4.69, 9.17) is 0 Å². The lowest BCUT2D eigenvalue weighted by atomic mass is 10.2. The molecule has 0 atom stereocenters. The summed E-state index contributed by atoms with van der Waals surface area (Å²) < 4.78 is 0. The van der Waals surface area contributed by atoms with Crippen molar-refractivity contribution in [3.63, 3.8) is 0 Å². The van der Waals surface area contributed by atoms with Gasteiger partial charge in [0, 0.05) is 24.8 Å². The molecular formula is C17H24N4. The van der Waals surface area contributed by atoms with Crippen LogP contribution in [-0.2, 0) is 0 Å². The first-order valence-electron chi connectivity index (χ1n) is 7.42. The van der Waals surface area contributed by atoms with Gasteiger partial charge in [0.1, 0.15) is 17.5 Å². The molecule has 1 N–H and O–H groups in total. The molecule has 0 radical (unpaired) electrons. The second kappa shape index (κ2) is 6.57. The van der Waals surface area contributed by atoms with Gasteiger partial charge in [0.15, 0.2) is 0 Å². The van der Waals surface area contributed by atoms with Gasteiger partial charge in [0.05, 0.1) is 0 Å². The number of hydrogen-bond acceptors (Lipinski definition) is 4. The van der Waals surface area contributed by atoms with E-state index >= 15 is 0 Å². The van der Waals surface area contributed by atoms with Gasteiger partial charge in [-0.2, -0.15) is 0 Å². The van der Waals surface area contributed by atoms with Gasteiger partial charge >= 0.3 is 0 Å². The smallest absolute Gasteiger partial charge is 0.141 e. The van der Waals surface area contributed by atoms with E-state index in [1.807, 2.05) is 14.0 Å². The predicted molar refractivity (Wildman–Crippen MR) is 89.5 cm³/mol. The third-order valence-electron chi connectivity index (χ3n) is 3.48. The maximum absolute atomic E-state index is 4.62. The Labute approximate surface area is 127 Å². The van der Waals surface area contributed by atoms with Crippen molar-refractivity contribution in [2.75, 3.05) is 23.8 Å². The molecule has 2 rings (SSSR count). The van der Waals surface area contributed by atoms with Crippen molar-refractivity contribution in [3.8, 4) is 0 Å². The van der Waals surface area contributed by atoms with E-state index < -0.39 is 0 Å². The molecule has 112 valence electrons. The lowest BCUT2D eigenvalue weighted by molar-refractivity contribution is 0.938. The zero-order valence-corrected chi connectivity index (χ0v) is 13.6. The van der Waals surface area contributed by atoms with Crippen LogP contribution in [-0.4, -0.2) is 23.6 Å². The Bertz CT molecular complexity index is 622. The lowest BCUT2D eigenvalue weighted by Gasteiger charge is -2.22. The molecule has 0 aliphatic rings. The van der Waals surface area contributed by atoms with E-state index in [1.54, 1.807) is 0 Å². The number of hydrogen-bond donors (Lipinski definition) is 1. The van der Waals surface area contributed by atoms with Crippen LogP contribution in [0.2, 0.25) is 0 Å². The van der Waals surface area contributed by atoms with Gasteiger partial charge in [-0.15, -0.1) is 0 Å². The fraction of sp³-hybridized carbons (Fsp3) is 0.412. The highest BCUT2D eigenvalue weighted by molar-refractivity contribution is 5.67. The Kier molecular flexibility index (Phi) is 4.78. The summed E-state index contributed by atoms with van der Waals surface area (Å²) in [6.07, 6.45) is 1.07. The van der Waals surface area contributed by atoms with E-state index in [0.717, 1.165) is 41.7 Å². The molecule has 0 fully saturated rings. The van der Waals surface area contributed by atoms with Gasteiger partial charge in [-0.25, -0.2) is 9.97 Å². The van der Waals surface area contributed by atoms with Gasteiger partial charge in [-0.3, -0.25) is 0 Å². The normalized spacial score (nSPS) is 10.5. The molecule has 0 aliphatic carbocycles. The van der Waals surface area contributed by atoms with Gasteiger partial charge < -0.3 is 10.2 Å². The van der Waals surface area contributed by atoms with Crippen LogP contribution in [0, 0.1) is 20.8 Å². The Morgan fingerprint density at radius 2 is 1.90 bits per heavy atom. The first-order chi connectivity index (χ1) is 10.0. The Hall–Kier alpha value is -2.10. The highest BCUT2D eigenvalue weighted by Gasteiger charge is 2.14. The maximum Gasteiger partial charge on any atom is 0.141 e. The number of nitrogens with zero attached hydrogens (tertiary/aromatic N) is 3. The van der Waals surface area contributed by atoms with Crippen LogP contribution < -0.4 is 10.2 Å². The van der Waals surface area contributed by atoms with E-state index in [-0.39, 0.29) is 0 Å². The molecule has 0 spiro atoms. The van der Waals surface area contributed by atoms with E-state index in [1.165, 1.54) is 5.56 Å². The molecule has 0 saturated heterocycles. The summed E-state index contributed by atoms with van der Waals surface area (Å²) in [5, 5.41) is 3.38. The molecule has 4 heteroatoms. The molecule has 1 aromatic carbocycles. The average molecular weight is 284 g/mol. The van der Waals surface area contributed by atoms with Crippen molar-refractivity contribution in [2.45, 2.75) is 34.1 Å². The van der Waals surface area contributed by atoms with Crippen LogP contribution in [0.5, 0.6) is 0 Å². The molecule has 0 saturated carbocycles. The predicted octanol–water partition coefficient (Wildman–Crippen LogP) is 3.99. The second-order valence-electron chi connectivity index (χ2n) is 5.39. The van der Waals surface area contributed by atoms with Gasteiger partial charge in [-0.1, -0.05) is 19.1 Å². The van der Waals surface area contributed by atoms with Gasteiger partial charge in [0.2, 0.25) is 0 Å². The van der Waals surface area contributed by atoms with E-state index in [9.17, 15) is 0 Å². The van der Waals surface area contributed by atoms with Crippen LogP contribution in [0.4, 0.5) is 17.3 Å². The van der Waals surface area contributed by atoms with Crippen molar-refractivity contribution in [2.24, 2.45) is 0 Å². The number of anilines is 3. The standard InChI is InChI=1S/C17H24N4/c1-6-10-18-16-13(3)17(20-14(4)19-16)21(5)15-9-7-8-12(2)11-15/h7-9,11H,6,10H2,1-5H3,(H,18,19,20). The van der Waals surface area contributed by atoms with Crippen LogP contribution in [0.15, 0.2) is 24.3 Å². The second-order valence-corrected chi connectivity index (χ2v) is 5.39. The fourth-order valence-electron chi connectivity index (χ4n) is 2.31. The largest absolute Gasteiger partial charge is 0.370 e. The van der Waals surface area contributed by atoms with Crippen LogP contribution in [0.1, 0.15) is 30.3 Å². The topological polar surface area (TPSA) is 41.1 Å². The minimum absolute atomic E-state index is 0.786. The monoisotopic (exact) mass is 284 g/mol. The molecule has 1 heterocycles. The molecule has 1 aromatic heterocycles. The number of nitrogens with one attached hydrogen (secondary N) is 1. The van der Waals surface area contributed by atoms with Crippen LogP contribution in [0.3, 0.4) is 0 Å². The van der Waals surface area contributed by atoms with Crippen molar-refractivity contribution in [3.05, 3.63) is 41.2 Å². The summed E-state index contributed by atoms with van der Waals surface area (Å²) in [4.78, 5) is 11.3. The van der Waals surface area contributed by atoms with E-state index in [0.29, 0.717) is 0 Å². The maximum atomic E-state index is 4.62. The first-order valence-corrected chi connectivity index (χ1v) is 7.42. The number of benzene rings is 1. The van der Waals surface area contributed by atoms with Crippen molar-refractivity contribution >= 4 is 17.3 Å². The quantitative estimate of drug-likeness (QED) is 0.901. The third kappa shape index (κ3) is 3.51. The molecular weight excluding hydrogens is 260 g/mol. The molecule has 0 bridgehead atoms. The van der Waals surface area contributed by atoms with Crippen LogP contribution >= 0.6 is 0 Å². The molecule has 21 heavy (non-hydrogen) atoms. The van der Waals surface area contributed by atoms with Crippen LogP contribution in [0.25, 0.3) is 0 Å². The Morgan fingerprint density at radius 3 is 2.57 bits per heavy atom. The molecule has 0 amide bonds. The Morgan fingerprint density at radius 1 is 1.14 bits per heavy atom. The summed E-state index contributed by atoms with van der Waals surface area (Å²) in [5.74, 6) is 2.67. The molecule has 0 aliphatic heterocycles.